The fourth-order valence-electron chi connectivity index (χ4n) is 1.90. The van der Waals surface area contributed by atoms with Crippen molar-refractivity contribution in [2.75, 3.05) is 0 Å². The summed E-state index contributed by atoms with van der Waals surface area (Å²) in [5, 5.41) is 17.2. The molecule has 110 valence electrons. The number of nitro groups is 1. The van der Waals surface area contributed by atoms with Gasteiger partial charge in [0, 0.05) is 13.1 Å². The summed E-state index contributed by atoms with van der Waals surface area (Å²) in [5.41, 5.74) is 0.0982. The van der Waals surface area contributed by atoms with Gasteiger partial charge in [0.15, 0.2) is 0 Å². The third kappa shape index (κ3) is 3.22. The predicted molar refractivity (Wildman–Crippen MR) is 72.1 cm³/mol. The minimum Gasteiger partial charge on any atom is -0.346 e. The van der Waals surface area contributed by atoms with Crippen molar-refractivity contribution in [2.45, 2.75) is 20.0 Å². The molecule has 1 aromatic carbocycles. The first kappa shape index (κ1) is 14.6. The van der Waals surface area contributed by atoms with Crippen molar-refractivity contribution in [1.82, 2.24) is 15.1 Å². The molecule has 2 rings (SSSR count). The minimum atomic E-state index is -0.656. The average Bonchev–Trinajstić information content (AvgIpc) is 2.89. The average molecular weight is 292 g/mol. The van der Waals surface area contributed by atoms with Crippen LogP contribution in [0.1, 0.15) is 23.0 Å². The first-order chi connectivity index (χ1) is 10.0. The Bertz CT molecular complexity index is 684. The van der Waals surface area contributed by atoms with Crippen LogP contribution in [0.15, 0.2) is 30.5 Å². The van der Waals surface area contributed by atoms with Crippen LogP contribution in [0.25, 0.3) is 0 Å². The lowest BCUT2D eigenvalue weighted by molar-refractivity contribution is -0.385. The number of rotatable bonds is 5. The summed E-state index contributed by atoms with van der Waals surface area (Å²) in [6.07, 6.45) is 1.04. The highest BCUT2D eigenvalue weighted by Crippen LogP contribution is 2.17. The van der Waals surface area contributed by atoms with Crippen molar-refractivity contribution in [3.63, 3.8) is 0 Å². The summed E-state index contributed by atoms with van der Waals surface area (Å²) in [4.78, 5) is 22.3. The summed E-state index contributed by atoms with van der Waals surface area (Å²) in [6, 6.07) is 5.75. The lowest BCUT2D eigenvalue weighted by Crippen LogP contribution is -2.26. The van der Waals surface area contributed by atoms with Gasteiger partial charge in [-0.3, -0.25) is 19.6 Å². The quantitative estimate of drug-likeness (QED) is 0.673. The van der Waals surface area contributed by atoms with Gasteiger partial charge in [-0.25, -0.2) is 4.39 Å². The van der Waals surface area contributed by atoms with E-state index in [4.69, 9.17) is 0 Å². The first-order valence-electron chi connectivity index (χ1n) is 6.25. The molecule has 1 aromatic heterocycles. The Morgan fingerprint density at radius 3 is 2.90 bits per heavy atom. The Labute approximate surface area is 119 Å². The van der Waals surface area contributed by atoms with Crippen molar-refractivity contribution in [3.8, 4) is 0 Å². The van der Waals surface area contributed by atoms with E-state index in [0.717, 1.165) is 6.20 Å². The maximum Gasteiger partial charge on any atom is 0.320 e. The second-order valence-corrected chi connectivity index (χ2v) is 4.26. The van der Waals surface area contributed by atoms with Gasteiger partial charge in [0.25, 0.3) is 5.91 Å². The topological polar surface area (TPSA) is 90.1 Å². The Morgan fingerprint density at radius 1 is 1.52 bits per heavy atom. The van der Waals surface area contributed by atoms with Crippen LogP contribution >= 0.6 is 0 Å². The van der Waals surface area contributed by atoms with Gasteiger partial charge in [-0.15, -0.1) is 0 Å². The molecule has 8 heteroatoms. The molecule has 7 nitrogen and oxygen atoms in total. The highest BCUT2D eigenvalue weighted by molar-refractivity contribution is 5.96. The molecule has 0 atom stereocenters. The number of hydrogen-bond donors (Lipinski definition) is 1. The van der Waals surface area contributed by atoms with Crippen LogP contribution in [0.2, 0.25) is 0 Å². The zero-order chi connectivity index (χ0) is 15.4. The molecule has 21 heavy (non-hydrogen) atoms. The summed E-state index contributed by atoms with van der Waals surface area (Å²) in [7, 11) is 0. The molecule has 1 amide bonds. The highest BCUT2D eigenvalue weighted by Gasteiger charge is 2.26. The van der Waals surface area contributed by atoms with E-state index in [-0.39, 0.29) is 17.9 Å². The molecular formula is C13H13FN4O3. The van der Waals surface area contributed by atoms with E-state index in [1.54, 1.807) is 13.0 Å². The normalized spacial score (nSPS) is 10.4. The third-order valence-electron chi connectivity index (χ3n) is 2.87. The number of amides is 1. The number of carbonyl (C=O) groups excluding carboxylic acids is 1. The standard InChI is InChI=1S/C13H13FN4O3/c1-2-17-12(11(8-16-17)18(20)21)13(19)15-7-9-4-3-5-10(14)6-9/h3-6,8H,2,7H2,1H3,(H,15,19). The molecule has 1 heterocycles. The van der Waals surface area contributed by atoms with Crippen LogP contribution < -0.4 is 5.32 Å². The molecular weight excluding hydrogens is 279 g/mol. The molecule has 0 saturated carbocycles. The summed E-state index contributed by atoms with van der Waals surface area (Å²) < 4.78 is 14.3. The van der Waals surface area contributed by atoms with E-state index < -0.39 is 16.6 Å². The monoisotopic (exact) mass is 292 g/mol. The SMILES string of the molecule is CCn1ncc([N+](=O)[O-])c1C(=O)NCc1cccc(F)c1. The zero-order valence-corrected chi connectivity index (χ0v) is 11.2. The number of hydrogen-bond acceptors (Lipinski definition) is 4. The molecule has 0 aliphatic carbocycles. The second kappa shape index (κ2) is 6.12. The number of benzene rings is 1. The molecule has 2 aromatic rings. The first-order valence-corrected chi connectivity index (χ1v) is 6.25. The third-order valence-corrected chi connectivity index (χ3v) is 2.87. The van der Waals surface area contributed by atoms with Crippen molar-refractivity contribution in [2.24, 2.45) is 0 Å². The van der Waals surface area contributed by atoms with Crippen LogP contribution in [0, 0.1) is 15.9 Å². The maximum absolute atomic E-state index is 13.0. The fourth-order valence-corrected chi connectivity index (χ4v) is 1.90. The van der Waals surface area contributed by atoms with Crippen molar-refractivity contribution >= 4 is 11.6 Å². The second-order valence-electron chi connectivity index (χ2n) is 4.26. The van der Waals surface area contributed by atoms with Crippen LogP contribution in [-0.2, 0) is 13.1 Å². The predicted octanol–water partition coefficient (Wildman–Crippen LogP) is 1.88. The van der Waals surface area contributed by atoms with E-state index in [9.17, 15) is 19.3 Å². The van der Waals surface area contributed by atoms with Crippen LogP contribution in [0.4, 0.5) is 10.1 Å². The summed E-state index contributed by atoms with van der Waals surface area (Å²) >= 11 is 0. The van der Waals surface area contributed by atoms with Gasteiger partial charge in [-0.2, -0.15) is 5.10 Å². The van der Waals surface area contributed by atoms with Crippen molar-refractivity contribution < 1.29 is 14.1 Å². The Morgan fingerprint density at radius 2 is 2.29 bits per heavy atom. The molecule has 0 spiro atoms. The number of nitrogens with one attached hydrogen (secondary N) is 1. The lowest BCUT2D eigenvalue weighted by Gasteiger charge is -2.06. The Hall–Kier alpha value is -2.77. The van der Waals surface area contributed by atoms with E-state index >= 15 is 0 Å². The summed E-state index contributed by atoms with van der Waals surface area (Å²) in [6.45, 7) is 2.12. The van der Waals surface area contributed by atoms with E-state index in [2.05, 4.69) is 10.4 Å². The van der Waals surface area contributed by atoms with Crippen LogP contribution in [-0.4, -0.2) is 20.6 Å². The van der Waals surface area contributed by atoms with E-state index in [1.165, 1.54) is 22.9 Å². The van der Waals surface area contributed by atoms with Gasteiger partial charge >= 0.3 is 5.69 Å². The highest BCUT2D eigenvalue weighted by atomic mass is 19.1. The number of nitrogens with zero attached hydrogens (tertiary/aromatic N) is 3. The van der Waals surface area contributed by atoms with E-state index in [0.29, 0.717) is 12.1 Å². The Kier molecular flexibility index (Phi) is 4.27. The molecule has 0 aliphatic rings. The maximum atomic E-state index is 13.0. The van der Waals surface area contributed by atoms with Gasteiger partial charge in [0.2, 0.25) is 5.69 Å². The minimum absolute atomic E-state index is 0.0721. The van der Waals surface area contributed by atoms with Gasteiger partial charge < -0.3 is 5.32 Å². The summed E-state index contributed by atoms with van der Waals surface area (Å²) in [5.74, 6) is -1.03. The molecule has 0 saturated heterocycles. The van der Waals surface area contributed by atoms with Gasteiger partial charge in [0.05, 0.1) is 4.92 Å². The van der Waals surface area contributed by atoms with Gasteiger partial charge in [-0.1, -0.05) is 12.1 Å². The molecule has 0 unspecified atom stereocenters. The van der Waals surface area contributed by atoms with Crippen molar-refractivity contribution in [3.05, 3.63) is 57.7 Å². The number of aromatic nitrogens is 2. The van der Waals surface area contributed by atoms with Gasteiger partial charge in [0.1, 0.15) is 12.0 Å². The molecule has 0 aliphatic heterocycles. The van der Waals surface area contributed by atoms with Crippen molar-refractivity contribution in [1.29, 1.82) is 0 Å². The van der Waals surface area contributed by atoms with Crippen LogP contribution in [0.5, 0.6) is 0 Å². The molecule has 0 fully saturated rings. The van der Waals surface area contributed by atoms with E-state index in [1.807, 2.05) is 0 Å². The molecule has 1 N–H and O–H groups in total. The molecule has 0 radical (unpaired) electrons. The lowest BCUT2D eigenvalue weighted by atomic mass is 10.2. The van der Waals surface area contributed by atoms with Gasteiger partial charge in [-0.05, 0) is 24.6 Å². The Balaban J connectivity index is 2.17. The molecule has 0 bridgehead atoms. The largest absolute Gasteiger partial charge is 0.346 e. The zero-order valence-electron chi connectivity index (χ0n) is 11.2. The van der Waals surface area contributed by atoms with Crippen LogP contribution in [0.3, 0.4) is 0 Å². The number of aryl methyl sites for hydroxylation is 1. The number of halogens is 1. The smallest absolute Gasteiger partial charge is 0.320 e. The fraction of sp³-hybridized carbons (Fsp3) is 0.231. The number of carbonyl (C=O) groups is 1.